The lowest BCUT2D eigenvalue weighted by Gasteiger charge is -2.32. The van der Waals surface area contributed by atoms with Gasteiger partial charge in [-0.05, 0) is 62.6 Å². The number of amides is 1. The Morgan fingerprint density at radius 3 is 2.47 bits per heavy atom. The van der Waals surface area contributed by atoms with Crippen LogP contribution in [0.2, 0.25) is 0 Å². The molecule has 1 aliphatic rings. The summed E-state index contributed by atoms with van der Waals surface area (Å²) in [6, 6.07) is 7.72. The highest BCUT2D eigenvalue weighted by atomic mass is 32.2. The van der Waals surface area contributed by atoms with Crippen molar-refractivity contribution >= 4 is 37.3 Å². The first kappa shape index (κ1) is 24.1. The van der Waals surface area contributed by atoms with Crippen LogP contribution in [-0.4, -0.2) is 45.9 Å². The number of sulfonamides is 2. The highest BCUT2D eigenvalue weighted by Crippen LogP contribution is 2.27. The van der Waals surface area contributed by atoms with E-state index in [0.717, 1.165) is 37.7 Å². The molecule has 0 aromatic heterocycles. The molecule has 0 spiro atoms. The van der Waals surface area contributed by atoms with E-state index in [1.54, 1.807) is 13.0 Å². The first-order valence-corrected chi connectivity index (χ1v) is 13.4. The summed E-state index contributed by atoms with van der Waals surface area (Å²) in [5.74, 6) is -1.39. The molecule has 1 amide bonds. The zero-order valence-electron chi connectivity index (χ0n) is 18.1. The molecule has 0 aliphatic carbocycles. The van der Waals surface area contributed by atoms with E-state index in [2.05, 4.69) is 5.32 Å². The smallest absolute Gasteiger partial charge is 0.255 e. The Bertz CT molecular complexity index is 1250. The maximum Gasteiger partial charge on any atom is 0.255 e. The number of aryl methyl sites for hydroxylation is 1. The molecule has 0 radical (unpaired) electrons. The first-order valence-electron chi connectivity index (χ1n) is 10.1. The first-order chi connectivity index (χ1) is 14.9. The Kier molecular flexibility index (Phi) is 6.91. The van der Waals surface area contributed by atoms with Crippen LogP contribution >= 0.6 is 0 Å². The molecule has 174 valence electrons. The topological polar surface area (TPSA) is 113 Å². The zero-order valence-corrected chi connectivity index (χ0v) is 19.7. The van der Waals surface area contributed by atoms with Crippen molar-refractivity contribution in [3.05, 3.63) is 53.3 Å². The summed E-state index contributed by atoms with van der Waals surface area (Å²) in [4.78, 5) is 12.9. The van der Waals surface area contributed by atoms with E-state index in [0.29, 0.717) is 12.1 Å². The van der Waals surface area contributed by atoms with Crippen LogP contribution < -0.4 is 10.0 Å². The number of rotatable bonds is 6. The van der Waals surface area contributed by atoms with Gasteiger partial charge in [0.2, 0.25) is 20.0 Å². The van der Waals surface area contributed by atoms with E-state index in [1.165, 1.54) is 22.5 Å². The highest BCUT2D eigenvalue weighted by molar-refractivity contribution is 7.92. The number of piperidine rings is 1. The van der Waals surface area contributed by atoms with Gasteiger partial charge in [-0.3, -0.25) is 9.52 Å². The fourth-order valence-electron chi connectivity index (χ4n) is 3.65. The minimum atomic E-state index is -3.76. The Morgan fingerprint density at radius 2 is 1.81 bits per heavy atom. The molecule has 8 nitrogen and oxygen atoms in total. The van der Waals surface area contributed by atoms with Gasteiger partial charge >= 0.3 is 0 Å². The number of carbonyl (C=O) groups excluding carboxylic acids is 1. The van der Waals surface area contributed by atoms with Gasteiger partial charge in [0.25, 0.3) is 5.91 Å². The Morgan fingerprint density at radius 1 is 1.09 bits per heavy atom. The average Bonchev–Trinajstić information content (AvgIpc) is 2.69. The number of halogens is 1. The van der Waals surface area contributed by atoms with Gasteiger partial charge in [-0.1, -0.05) is 12.5 Å². The molecule has 3 rings (SSSR count). The number of nitrogens with one attached hydrogen (secondary N) is 2. The number of benzene rings is 2. The predicted octanol–water partition coefficient (Wildman–Crippen LogP) is 3.32. The van der Waals surface area contributed by atoms with Crippen LogP contribution in [0.15, 0.2) is 41.3 Å². The minimum Gasteiger partial charge on any atom is -0.322 e. The van der Waals surface area contributed by atoms with Crippen LogP contribution in [0.3, 0.4) is 0 Å². The van der Waals surface area contributed by atoms with Gasteiger partial charge in [-0.25, -0.2) is 21.2 Å². The molecule has 1 heterocycles. The van der Waals surface area contributed by atoms with Crippen molar-refractivity contribution in [1.82, 2.24) is 4.31 Å². The van der Waals surface area contributed by atoms with Crippen molar-refractivity contribution in [2.24, 2.45) is 0 Å². The summed E-state index contributed by atoms with van der Waals surface area (Å²) in [5.41, 5.74) is 0.555. The standard InChI is InChI=1S/C21H26FN3O5S2/c1-14-7-9-17(32(29,30)25-11-5-4-6-15(25)2)13-18(14)21(26)23-16-8-10-19(22)20(12-16)24-31(3,27)28/h7-10,12-13,15,24H,4-6,11H2,1-3H3,(H,23,26)/t15-/m0/s1. The summed E-state index contributed by atoms with van der Waals surface area (Å²) in [7, 11) is -7.48. The molecule has 1 atom stereocenters. The van der Waals surface area contributed by atoms with E-state index in [-0.39, 0.29) is 27.9 Å². The molecule has 1 saturated heterocycles. The van der Waals surface area contributed by atoms with Crippen LogP contribution in [0.4, 0.5) is 15.8 Å². The molecule has 32 heavy (non-hydrogen) atoms. The summed E-state index contributed by atoms with van der Waals surface area (Å²) < 4.78 is 66.5. The normalized spacial score (nSPS) is 17.7. The molecule has 11 heteroatoms. The second kappa shape index (κ2) is 9.16. The maximum atomic E-state index is 13.9. The van der Waals surface area contributed by atoms with Crippen LogP contribution in [0.25, 0.3) is 0 Å². The van der Waals surface area contributed by atoms with Crippen molar-refractivity contribution in [3.8, 4) is 0 Å². The summed E-state index contributed by atoms with van der Waals surface area (Å²) in [6.07, 6.45) is 3.43. The van der Waals surface area contributed by atoms with Crippen molar-refractivity contribution in [2.75, 3.05) is 22.8 Å². The number of hydrogen-bond acceptors (Lipinski definition) is 5. The second-order valence-electron chi connectivity index (χ2n) is 7.96. The Balaban J connectivity index is 1.89. The van der Waals surface area contributed by atoms with E-state index in [1.807, 2.05) is 11.6 Å². The van der Waals surface area contributed by atoms with Gasteiger partial charge in [0.1, 0.15) is 5.82 Å². The number of carbonyl (C=O) groups is 1. The minimum absolute atomic E-state index is 0.0283. The summed E-state index contributed by atoms with van der Waals surface area (Å²) in [6.45, 7) is 3.98. The van der Waals surface area contributed by atoms with Crippen molar-refractivity contribution in [3.63, 3.8) is 0 Å². The number of anilines is 2. The number of nitrogens with zero attached hydrogens (tertiary/aromatic N) is 1. The lowest BCUT2D eigenvalue weighted by Crippen LogP contribution is -2.42. The molecule has 0 unspecified atom stereocenters. The third kappa shape index (κ3) is 5.45. The van der Waals surface area contributed by atoms with Gasteiger partial charge in [-0.15, -0.1) is 0 Å². The molecule has 2 N–H and O–H groups in total. The van der Waals surface area contributed by atoms with Crippen molar-refractivity contribution < 1.29 is 26.0 Å². The molecule has 2 aromatic rings. The maximum absolute atomic E-state index is 13.9. The second-order valence-corrected chi connectivity index (χ2v) is 11.6. The van der Waals surface area contributed by atoms with Crippen molar-refractivity contribution in [1.29, 1.82) is 0 Å². The van der Waals surface area contributed by atoms with Gasteiger partial charge in [0, 0.05) is 23.8 Å². The summed E-state index contributed by atoms with van der Waals surface area (Å²) >= 11 is 0. The SMILES string of the molecule is Cc1ccc(S(=O)(=O)N2CCCC[C@@H]2C)cc1C(=O)Nc1ccc(F)c(NS(C)(=O)=O)c1. The van der Waals surface area contributed by atoms with Gasteiger partial charge < -0.3 is 5.32 Å². The van der Waals surface area contributed by atoms with E-state index >= 15 is 0 Å². The van der Waals surface area contributed by atoms with Gasteiger partial charge in [-0.2, -0.15) is 4.31 Å². The van der Waals surface area contributed by atoms with Crippen LogP contribution in [0, 0.1) is 12.7 Å². The lowest BCUT2D eigenvalue weighted by molar-refractivity contribution is 0.102. The van der Waals surface area contributed by atoms with Crippen LogP contribution in [0.1, 0.15) is 42.1 Å². The quantitative estimate of drug-likeness (QED) is 0.655. The molecular weight excluding hydrogens is 457 g/mol. The monoisotopic (exact) mass is 483 g/mol. The van der Waals surface area contributed by atoms with Gasteiger partial charge in [0.05, 0.1) is 16.8 Å². The number of hydrogen-bond donors (Lipinski definition) is 2. The largest absolute Gasteiger partial charge is 0.322 e. The Labute approximate surface area is 187 Å². The lowest BCUT2D eigenvalue weighted by atomic mass is 10.1. The molecule has 1 aliphatic heterocycles. The Hall–Kier alpha value is -2.50. The molecule has 0 bridgehead atoms. The van der Waals surface area contributed by atoms with Crippen LogP contribution in [0.5, 0.6) is 0 Å². The van der Waals surface area contributed by atoms with Crippen molar-refractivity contribution in [2.45, 2.75) is 44.0 Å². The van der Waals surface area contributed by atoms with E-state index < -0.39 is 31.8 Å². The fourth-order valence-corrected chi connectivity index (χ4v) is 5.93. The fraction of sp³-hybridized carbons (Fsp3) is 0.381. The molecule has 0 saturated carbocycles. The van der Waals surface area contributed by atoms with E-state index in [4.69, 9.17) is 0 Å². The highest BCUT2D eigenvalue weighted by Gasteiger charge is 2.31. The average molecular weight is 484 g/mol. The third-order valence-corrected chi connectivity index (χ3v) is 7.92. The third-order valence-electron chi connectivity index (χ3n) is 5.32. The molecule has 1 fully saturated rings. The van der Waals surface area contributed by atoms with E-state index in [9.17, 15) is 26.0 Å². The van der Waals surface area contributed by atoms with Gasteiger partial charge in [0.15, 0.2) is 0 Å². The summed E-state index contributed by atoms with van der Waals surface area (Å²) in [5, 5.41) is 2.57. The molecule has 2 aromatic carbocycles. The zero-order chi connectivity index (χ0) is 23.7. The van der Waals surface area contributed by atoms with Crippen LogP contribution in [-0.2, 0) is 20.0 Å². The predicted molar refractivity (Wildman–Crippen MR) is 121 cm³/mol. The molecular formula is C21H26FN3O5S2.